The van der Waals surface area contributed by atoms with Crippen LogP contribution in [0.1, 0.15) is 40.0 Å². The summed E-state index contributed by atoms with van der Waals surface area (Å²) < 4.78 is 11.7. The lowest BCUT2D eigenvalue weighted by atomic mass is 9.95. The van der Waals surface area contributed by atoms with E-state index in [1.165, 1.54) is 0 Å². The fourth-order valence-electron chi connectivity index (χ4n) is 0.957. The second kappa shape index (κ2) is 5.53. The highest BCUT2D eigenvalue weighted by molar-refractivity contribution is 4.78. The van der Waals surface area contributed by atoms with E-state index in [0.717, 1.165) is 19.4 Å². The molecule has 0 rings (SSSR count). The highest BCUT2D eigenvalue weighted by Crippen LogP contribution is 2.12. The van der Waals surface area contributed by atoms with Crippen LogP contribution in [0, 0.1) is 0 Å². The topological polar surface area (TPSA) is 12.0 Å². The molecule has 0 aromatic carbocycles. The molecular weight excluding hydrogens is 141 g/mol. The van der Waals surface area contributed by atoms with Crippen molar-refractivity contribution in [1.82, 2.24) is 5.32 Å². The molecule has 1 nitrogen and oxygen atoms in total. The molecule has 0 saturated carbocycles. The Morgan fingerprint density at radius 3 is 2.18 bits per heavy atom. The standard InChI is InChI=1S/C9H20FN/c1-4-9(3,5-2)11-8-6-7-10/h11H,4-8H2,1-3H3. The first-order chi connectivity index (χ1) is 5.18. The molecule has 11 heavy (non-hydrogen) atoms. The third kappa shape index (κ3) is 4.35. The molecule has 68 valence electrons. The van der Waals surface area contributed by atoms with Crippen LogP contribution in [0.2, 0.25) is 0 Å². The third-order valence-corrected chi connectivity index (χ3v) is 2.42. The molecule has 0 fully saturated rings. The fraction of sp³-hybridized carbons (Fsp3) is 1.00. The zero-order valence-electron chi connectivity index (χ0n) is 7.91. The van der Waals surface area contributed by atoms with Gasteiger partial charge < -0.3 is 5.32 Å². The van der Waals surface area contributed by atoms with Crippen molar-refractivity contribution in [3.63, 3.8) is 0 Å². The Labute approximate surface area is 69.4 Å². The Bertz CT molecular complexity index is 89.6. The maximum absolute atomic E-state index is 11.7. The number of alkyl halides is 1. The van der Waals surface area contributed by atoms with Gasteiger partial charge in [0, 0.05) is 5.54 Å². The van der Waals surface area contributed by atoms with Gasteiger partial charge in [-0.2, -0.15) is 0 Å². The highest BCUT2D eigenvalue weighted by atomic mass is 19.1. The van der Waals surface area contributed by atoms with Crippen molar-refractivity contribution in [2.45, 2.75) is 45.6 Å². The van der Waals surface area contributed by atoms with Gasteiger partial charge in [0.1, 0.15) is 0 Å². The van der Waals surface area contributed by atoms with Crippen LogP contribution in [0.15, 0.2) is 0 Å². The zero-order chi connectivity index (χ0) is 8.74. The summed E-state index contributed by atoms with van der Waals surface area (Å²) in [6.07, 6.45) is 2.85. The second-order valence-corrected chi connectivity index (χ2v) is 3.24. The molecule has 0 aromatic heterocycles. The average Bonchev–Trinajstić information content (AvgIpc) is 2.05. The first-order valence-corrected chi connectivity index (χ1v) is 4.49. The van der Waals surface area contributed by atoms with Gasteiger partial charge in [-0.1, -0.05) is 13.8 Å². The van der Waals surface area contributed by atoms with Crippen LogP contribution in [0.25, 0.3) is 0 Å². The Balaban J connectivity index is 3.51. The highest BCUT2D eigenvalue weighted by Gasteiger charge is 2.17. The Morgan fingerprint density at radius 2 is 1.82 bits per heavy atom. The molecule has 0 atom stereocenters. The maximum Gasteiger partial charge on any atom is 0.0906 e. The minimum Gasteiger partial charge on any atom is -0.311 e. The van der Waals surface area contributed by atoms with Crippen LogP contribution in [0.5, 0.6) is 0 Å². The van der Waals surface area contributed by atoms with E-state index in [1.807, 2.05) is 0 Å². The van der Waals surface area contributed by atoms with Gasteiger partial charge in [-0.05, 0) is 32.7 Å². The van der Waals surface area contributed by atoms with Crippen molar-refractivity contribution in [2.75, 3.05) is 13.2 Å². The monoisotopic (exact) mass is 161 g/mol. The largest absolute Gasteiger partial charge is 0.311 e. The lowest BCUT2D eigenvalue weighted by Crippen LogP contribution is -2.41. The van der Waals surface area contributed by atoms with E-state index in [2.05, 4.69) is 26.1 Å². The van der Waals surface area contributed by atoms with Gasteiger partial charge in [0.2, 0.25) is 0 Å². The van der Waals surface area contributed by atoms with Crippen molar-refractivity contribution in [2.24, 2.45) is 0 Å². The van der Waals surface area contributed by atoms with E-state index < -0.39 is 0 Å². The molecule has 2 heteroatoms. The molecule has 0 aliphatic heterocycles. The molecular formula is C9H20FN. The Morgan fingerprint density at radius 1 is 1.27 bits per heavy atom. The third-order valence-electron chi connectivity index (χ3n) is 2.42. The van der Waals surface area contributed by atoms with Gasteiger partial charge in [0.05, 0.1) is 6.67 Å². The smallest absolute Gasteiger partial charge is 0.0906 e. The van der Waals surface area contributed by atoms with Crippen LogP contribution in [0.3, 0.4) is 0 Å². The van der Waals surface area contributed by atoms with E-state index in [1.54, 1.807) is 0 Å². The number of rotatable bonds is 6. The Hall–Kier alpha value is -0.110. The van der Waals surface area contributed by atoms with Gasteiger partial charge in [-0.3, -0.25) is 4.39 Å². The summed E-state index contributed by atoms with van der Waals surface area (Å²) in [5, 5.41) is 3.36. The van der Waals surface area contributed by atoms with Crippen molar-refractivity contribution in [1.29, 1.82) is 0 Å². The van der Waals surface area contributed by atoms with Crippen molar-refractivity contribution in [3.8, 4) is 0 Å². The van der Waals surface area contributed by atoms with Crippen molar-refractivity contribution >= 4 is 0 Å². The molecule has 0 heterocycles. The van der Waals surface area contributed by atoms with Crippen molar-refractivity contribution in [3.05, 3.63) is 0 Å². The van der Waals surface area contributed by atoms with E-state index in [-0.39, 0.29) is 12.2 Å². The van der Waals surface area contributed by atoms with Gasteiger partial charge in [-0.15, -0.1) is 0 Å². The van der Waals surface area contributed by atoms with Crippen molar-refractivity contribution < 1.29 is 4.39 Å². The molecule has 0 bridgehead atoms. The number of nitrogens with one attached hydrogen (secondary N) is 1. The van der Waals surface area contributed by atoms with E-state index in [9.17, 15) is 4.39 Å². The Kier molecular flexibility index (Phi) is 5.47. The molecule has 1 N–H and O–H groups in total. The van der Waals surface area contributed by atoms with E-state index >= 15 is 0 Å². The van der Waals surface area contributed by atoms with E-state index in [0.29, 0.717) is 6.42 Å². The summed E-state index contributed by atoms with van der Waals surface area (Å²) in [4.78, 5) is 0. The van der Waals surface area contributed by atoms with Gasteiger partial charge >= 0.3 is 0 Å². The first kappa shape index (κ1) is 10.9. The number of halogens is 1. The normalized spacial score (nSPS) is 12.0. The van der Waals surface area contributed by atoms with Crippen LogP contribution in [0.4, 0.5) is 4.39 Å². The molecule has 0 aromatic rings. The molecule has 0 spiro atoms. The molecule has 0 amide bonds. The lowest BCUT2D eigenvalue weighted by molar-refractivity contribution is 0.321. The summed E-state index contributed by atoms with van der Waals surface area (Å²) >= 11 is 0. The van der Waals surface area contributed by atoms with Gasteiger partial charge in [-0.25, -0.2) is 0 Å². The quantitative estimate of drug-likeness (QED) is 0.590. The van der Waals surface area contributed by atoms with Crippen LogP contribution >= 0.6 is 0 Å². The summed E-state index contributed by atoms with van der Waals surface area (Å²) in [6.45, 7) is 7.09. The summed E-state index contributed by atoms with van der Waals surface area (Å²) in [5.41, 5.74) is 0.217. The predicted octanol–water partition coefficient (Wildman–Crippen LogP) is 2.51. The number of hydrogen-bond acceptors (Lipinski definition) is 1. The fourth-order valence-corrected chi connectivity index (χ4v) is 0.957. The molecule has 0 unspecified atom stereocenters. The zero-order valence-corrected chi connectivity index (χ0v) is 7.91. The van der Waals surface area contributed by atoms with Crippen LogP contribution in [-0.4, -0.2) is 18.8 Å². The summed E-state index contributed by atoms with van der Waals surface area (Å²) in [6, 6.07) is 0. The minimum atomic E-state index is -0.212. The van der Waals surface area contributed by atoms with Crippen LogP contribution < -0.4 is 5.32 Å². The summed E-state index contributed by atoms with van der Waals surface area (Å²) in [5.74, 6) is 0. The maximum atomic E-state index is 11.7. The van der Waals surface area contributed by atoms with E-state index in [4.69, 9.17) is 0 Å². The SMILES string of the molecule is CCC(C)(CC)NCCCF. The minimum absolute atomic E-state index is 0.212. The number of hydrogen-bond donors (Lipinski definition) is 1. The average molecular weight is 161 g/mol. The molecule has 0 aliphatic rings. The molecule has 0 saturated heterocycles. The van der Waals surface area contributed by atoms with Crippen LogP contribution in [-0.2, 0) is 0 Å². The van der Waals surface area contributed by atoms with Gasteiger partial charge in [0.25, 0.3) is 0 Å². The molecule has 0 aliphatic carbocycles. The molecule has 0 radical (unpaired) electrons. The summed E-state index contributed by atoms with van der Waals surface area (Å²) in [7, 11) is 0. The van der Waals surface area contributed by atoms with Gasteiger partial charge in [0.15, 0.2) is 0 Å². The lowest BCUT2D eigenvalue weighted by Gasteiger charge is -2.28. The first-order valence-electron chi connectivity index (χ1n) is 4.49. The second-order valence-electron chi connectivity index (χ2n) is 3.24. The predicted molar refractivity (Wildman–Crippen MR) is 47.6 cm³/mol.